The van der Waals surface area contributed by atoms with Gasteiger partial charge in [0.05, 0.1) is 11.3 Å². The van der Waals surface area contributed by atoms with Crippen LogP contribution in [0.25, 0.3) is 0 Å². The lowest BCUT2D eigenvalue weighted by molar-refractivity contribution is 0.347. The van der Waals surface area contributed by atoms with E-state index in [0.717, 1.165) is 0 Å². The largest absolute Gasteiger partial charge is 0.384 e. The van der Waals surface area contributed by atoms with E-state index in [1.165, 1.54) is 12.1 Å². The summed E-state index contributed by atoms with van der Waals surface area (Å²) in [4.78, 5) is 10.7. The van der Waals surface area contributed by atoms with Gasteiger partial charge in [-0.15, -0.1) is 0 Å². The molecule has 2 N–H and O–H groups in total. The lowest BCUT2D eigenvalue weighted by atomic mass is 9.90. The molecule has 148 valence electrons. The smallest absolute Gasteiger partial charge is 0.227 e. The highest BCUT2D eigenvalue weighted by Crippen LogP contribution is 2.49. The van der Waals surface area contributed by atoms with Crippen LogP contribution in [0.2, 0.25) is 0 Å². The Morgan fingerprint density at radius 2 is 1.96 bits per heavy atom. The zero-order valence-electron chi connectivity index (χ0n) is 15.3. The van der Waals surface area contributed by atoms with E-state index in [1.807, 2.05) is 6.07 Å². The second kappa shape index (κ2) is 6.38. The zero-order valence-corrected chi connectivity index (χ0v) is 16.1. The number of fused-ring (bicyclic) bond motifs is 1. The lowest BCUT2D eigenvalue weighted by Crippen LogP contribution is -2.37. The number of benzene rings is 1. The van der Waals surface area contributed by atoms with Gasteiger partial charge in [0.15, 0.2) is 0 Å². The number of sulfonamides is 1. The molecule has 3 aliphatic rings. The Morgan fingerprint density at radius 3 is 2.68 bits per heavy atom. The molecule has 0 unspecified atom stereocenters. The van der Waals surface area contributed by atoms with Crippen LogP contribution < -0.4 is 10.6 Å². The van der Waals surface area contributed by atoms with Gasteiger partial charge in [-0.3, -0.25) is 0 Å². The Labute approximate surface area is 163 Å². The van der Waals surface area contributed by atoms with Crippen LogP contribution in [-0.2, 0) is 10.0 Å². The molecule has 1 aromatic carbocycles. The van der Waals surface area contributed by atoms with E-state index in [1.54, 1.807) is 22.6 Å². The molecule has 1 aromatic heterocycles. The number of aromatic nitrogens is 2. The number of anilines is 2. The van der Waals surface area contributed by atoms with Crippen molar-refractivity contribution in [3.8, 4) is 0 Å². The number of hydrogen-bond acceptors (Lipinski definition) is 6. The molecule has 5 rings (SSSR count). The second-order valence-corrected chi connectivity index (χ2v) is 10.1. The first-order valence-corrected chi connectivity index (χ1v) is 11.0. The number of hydrogen-bond donors (Lipinski definition) is 1. The minimum absolute atomic E-state index is 0.0559. The van der Waals surface area contributed by atoms with E-state index in [0.29, 0.717) is 49.8 Å². The van der Waals surface area contributed by atoms with Crippen LogP contribution in [0, 0.1) is 17.7 Å². The summed E-state index contributed by atoms with van der Waals surface area (Å²) in [5.41, 5.74) is 6.50. The molecule has 2 saturated heterocycles. The quantitative estimate of drug-likeness (QED) is 0.837. The molecule has 1 aliphatic carbocycles. The summed E-state index contributed by atoms with van der Waals surface area (Å²) in [6.45, 7) is 1.73. The molecule has 2 aromatic rings. The minimum atomic E-state index is -3.37. The highest BCUT2D eigenvalue weighted by molar-refractivity contribution is 7.90. The predicted molar refractivity (Wildman–Crippen MR) is 103 cm³/mol. The van der Waals surface area contributed by atoms with Crippen molar-refractivity contribution in [2.75, 3.05) is 30.3 Å². The third-order valence-electron chi connectivity index (χ3n) is 6.03. The first-order chi connectivity index (χ1) is 13.4. The Hall–Kier alpha value is -2.26. The van der Waals surface area contributed by atoms with E-state index < -0.39 is 10.0 Å². The van der Waals surface area contributed by atoms with Gasteiger partial charge in [-0.1, -0.05) is 12.1 Å². The van der Waals surface area contributed by atoms with E-state index in [9.17, 15) is 12.8 Å². The number of nitrogen functional groups attached to an aromatic ring is 1. The Kier molecular flexibility index (Phi) is 4.06. The fourth-order valence-electron chi connectivity index (χ4n) is 4.61. The molecule has 28 heavy (non-hydrogen) atoms. The fourth-order valence-corrected chi connectivity index (χ4v) is 6.72. The summed E-state index contributed by atoms with van der Waals surface area (Å²) in [5, 5.41) is -0.282. The van der Waals surface area contributed by atoms with Crippen molar-refractivity contribution in [3.63, 3.8) is 0 Å². The average Bonchev–Trinajstić information content (AvgIpc) is 3.34. The minimum Gasteiger partial charge on any atom is -0.384 e. The topological polar surface area (TPSA) is 92.4 Å². The Bertz CT molecular complexity index is 1010. The first-order valence-electron chi connectivity index (χ1n) is 9.53. The summed E-state index contributed by atoms with van der Waals surface area (Å²) >= 11 is 0. The lowest BCUT2D eigenvalue weighted by Gasteiger charge is -2.29. The van der Waals surface area contributed by atoms with Crippen LogP contribution in [0.4, 0.5) is 16.2 Å². The molecule has 0 spiro atoms. The molecule has 9 heteroatoms. The van der Waals surface area contributed by atoms with Gasteiger partial charge < -0.3 is 10.6 Å². The van der Waals surface area contributed by atoms with Crippen LogP contribution in [0.1, 0.15) is 24.4 Å². The van der Waals surface area contributed by atoms with E-state index in [4.69, 9.17) is 5.73 Å². The molecule has 7 nitrogen and oxygen atoms in total. The monoisotopic (exact) mass is 403 g/mol. The number of nitrogens with zero attached hydrogens (tertiary/aromatic N) is 4. The van der Waals surface area contributed by atoms with Gasteiger partial charge in [0.1, 0.15) is 11.6 Å². The summed E-state index contributed by atoms with van der Waals surface area (Å²) in [5.74, 6) is 0.816. The molecule has 2 aliphatic heterocycles. The molecule has 3 atom stereocenters. The van der Waals surface area contributed by atoms with Crippen molar-refractivity contribution in [2.24, 2.45) is 11.8 Å². The normalized spacial score (nSPS) is 27.9. The summed E-state index contributed by atoms with van der Waals surface area (Å²) in [7, 11) is -3.37. The second-order valence-electron chi connectivity index (χ2n) is 7.92. The van der Waals surface area contributed by atoms with Gasteiger partial charge in [-0.2, -0.15) is 9.29 Å². The zero-order chi connectivity index (χ0) is 19.5. The molecule has 0 amide bonds. The highest BCUT2D eigenvalue weighted by atomic mass is 32.2. The van der Waals surface area contributed by atoms with Crippen LogP contribution in [-0.4, -0.2) is 47.6 Å². The Morgan fingerprint density at radius 1 is 1.14 bits per heavy atom. The molecule has 0 radical (unpaired) electrons. The van der Waals surface area contributed by atoms with E-state index in [2.05, 4.69) is 14.9 Å². The SMILES string of the molecule is Nc1ccnc(N2C[C@H]3CN(S(=O)(=O)C4CC4)[C@@H](c4cccc(F)c4)[C@H]3C2)n1. The van der Waals surface area contributed by atoms with E-state index >= 15 is 0 Å². The van der Waals surface area contributed by atoms with Crippen LogP contribution >= 0.6 is 0 Å². The standard InChI is InChI=1S/C19H22FN5O2S/c20-14-3-1-2-12(8-14)18-16-11-24(19-22-7-6-17(21)23-19)9-13(16)10-25(18)28(26,27)15-4-5-15/h1-3,6-8,13,15-16,18H,4-5,9-11H2,(H2,21,22,23)/t13-,16-,18-/m0/s1. The molecule has 3 fully saturated rings. The van der Waals surface area contributed by atoms with Crippen LogP contribution in [0.15, 0.2) is 36.5 Å². The van der Waals surface area contributed by atoms with Crippen molar-refractivity contribution in [1.82, 2.24) is 14.3 Å². The van der Waals surface area contributed by atoms with Crippen molar-refractivity contribution in [3.05, 3.63) is 47.9 Å². The molecular formula is C19H22FN5O2S. The molecular weight excluding hydrogens is 381 g/mol. The van der Waals surface area contributed by atoms with Gasteiger partial charge in [0.2, 0.25) is 16.0 Å². The maximum Gasteiger partial charge on any atom is 0.227 e. The van der Waals surface area contributed by atoms with Crippen LogP contribution in [0.3, 0.4) is 0 Å². The Balaban J connectivity index is 1.50. The third kappa shape index (κ3) is 2.93. The van der Waals surface area contributed by atoms with Crippen molar-refractivity contribution < 1.29 is 12.8 Å². The number of rotatable bonds is 4. The van der Waals surface area contributed by atoms with Gasteiger partial charge >= 0.3 is 0 Å². The van der Waals surface area contributed by atoms with Gasteiger partial charge in [0.25, 0.3) is 0 Å². The van der Waals surface area contributed by atoms with Crippen LogP contribution in [0.5, 0.6) is 0 Å². The summed E-state index contributed by atoms with van der Waals surface area (Å²) in [6.07, 6.45) is 3.06. The van der Waals surface area contributed by atoms with Gasteiger partial charge in [-0.25, -0.2) is 17.8 Å². The summed E-state index contributed by atoms with van der Waals surface area (Å²) < 4.78 is 41.7. The van der Waals surface area contributed by atoms with Crippen molar-refractivity contribution >= 4 is 21.8 Å². The number of nitrogens with two attached hydrogens (primary N) is 1. The first kappa shape index (κ1) is 17.8. The fraction of sp³-hybridized carbons (Fsp3) is 0.474. The predicted octanol–water partition coefficient (Wildman–Crippen LogP) is 1.80. The molecule has 3 heterocycles. The molecule has 1 saturated carbocycles. The highest BCUT2D eigenvalue weighted by Gasteiger charge is 2.54. The van der Waals surface area contributed by atoms with Gasteiger partial charge in [0, 0.05) is 31.7 Å². The van der Waals surface area contributed by atoms with Crippen molar-refractivity contribution in [1.29, 1.82) is 0 Å². The van der Waals surface area contributed by atoms with Gasteiger partial charge in [-0.05, 0) is 42.5 Å². The van der Waals surface area contributed by atoms with Crippen molar-refractivity contribution in [2.45, 2.75) is 24.1 Å². The molecule has 0 bridgehead atoms. The summed E-state index contributed by atoms with van der Waals surface area (Å²) in [6, 6.07) is 7.59. The third-order valence-corrected chi connectivity index (χ3v) is 8.38. The maximum atomic E-state index is 13.9. The maximum absolute atomic E-state index is 13.9. The average molecular weight is 403 g/mol. The van der Waals surface area contributed by atoms with E-state index in [-0.39, 0.29) is 28.9 Å². The number of halogens is 1.